The molecule has 0 amide bonds. The fourth-order valence-electron chi connectivity index (χ4n) is 3.70. The number of imidazole rings is 1. The number of rotatable bonds is 14. The Hall–Kier alpha value is -1.12. The Kier molecular flexibility index (Phi) is 11.6. The Morgan fingerprint density at radius 3 is 1.77 bits per heavy atom. The minimum atomic E-state index is 0.162. The van der Waals surface area contributed by atoms with E-state index < -0.39 is 0 Å². The predicted octanol–water partition coefficient (Wildman–Crippen LogP) is 6.99. The summed E-state index contributed by atoms with van der Waals surface area (Å²) in [6, 6.07) is 0. The van der Waals surface area contributed by atoms with Gasteiger partial charge >= 0.3 is 0 Å². The van der Waals surface area contributed by atoms with Gasteiger partial charge in [-0.05, 0) is 23.7 Å². The first kappa shape index (κ1) is 22.9. The Labute approximate surface area is 162 Å². The molecule has 0 saturated heterocycles. The molecule has 1 aromatic rings. The van der Waals surface area contributed by atoms with Crippen LogP contribution >= 0.6 is 0 Å². The van der Waals surface area contributed by atoms with Gasteiger partial charge < -0.3 is 0 Å². The maximum atomic E-state index is 12.1. The highest BCUT2D eigenvalue weighted by atomic mass is 16.2. The van der Waals surface area contributed by atoms with Gasteiger partial charge in [0.15, 0.2) is 0 Å². The van der Waals surface area contributed by atoms with Gasteiger partial charge in [0.2, 0.25) is 5.91 Å². The first-order valence-electron chi connectivity index (χ1n) is 10.9. The molecule has 0 radical (unpaired) electrons. The van der Waals surface area contributed by atoms with Gasteiger partial charge in [0, 0.05) is 18.8 Å². The van der Waals surface area contributed by atoms with Crippen molar-refractivity contribution in [3.8, 4) is 0 Å². The fourth-order valence-corrected chi connectivity index (χ4v) is 3.70. The van der Waals surface area contributed by atoms with Crippen molar-refractivity contribution >= 4 is 5.91 Å². The predicted molar refractivity (Wildman–Crippen MR) is 111 cm³/mol. The number of carbonyl (C=O) groups excluding carboxylic acids is 1. The lowest BCUT2D eigenvalue weighted by atomic mass is 9.90. The number of nitrogens with zero attached hydrogens (tertiary/aromatic N) is 2. The third kappa shape index (κ3) is 10.8. The smallest absolute Gasteiger partial charge is 0.232 e. The molecule has 1 rings (SSSR count). The summed E-state index contributed by atoms with van der Waals surface area (Å²) in [6.45, 7) is 11.6. The van der Waals surface area contributed by atoms with Crippen molar-refractivity contribution in [2.45, 2.75) is 98.8 Å². The van der Waals surface area contributed by atoms with E-state index in [9.17, 15) is 4.79 Å². The van der Waals surface area contributed by atoms with Crippen molar-refractivity contribution in [2.24, 2.45) is 23.7 Å². The van der Waals surface area contributed by atoms with Crippen molar-refractivity contribution < 1.29 is 4.79 Å². The molecular formula is C23H42N2O. The molecule has 0 N–H and O–H groups in total. The molecule has 26 heavy (non-hydrogen) atoms. The minimum absolute atomic E-state index is 0.162. The summed E-state index contributed by atoms with van der Waals surface area (Å²) in [7, 11) is 0. The van der Waals surface area contributed by atoms with E-state index in [1.54, 1.807) is 23.3 Å². The molecule has 0 aliphatic heterocycles. The SMILES string of the molecule is CC(C)CCCC(C)CCCC(C)CCCC(C)CC(=O)n1ccnc1. The van der Waals surface area contributed by atoms with Crippen molar-refractivity contribution in [3.05, 3.63) is 18.7 Å². The molecule has 150 valence electrons. The van der Waals surface area contributed by atoms with E-state index in [1.807, 2.05) is 0 Å². The monoisotopic (exact) mass is 362 g/mol. The maximum Gasteiger partial charge on any atom is 0.232 e. The van der Waals surface area contributed by atoms with Crippen LogP contribution in [-0.2, 0) is 0 Å². The van der Waals surface area contributed by atoms with Gasteiger partial charge in [-0.1, -0.05) is 92.4 Å². The molecule has 3 heteroatoms. The molecule has 0 spiro atoms. The summed E-state index contributed by atoms with van der Waals surface area (Å²) < 4.78 is 1.60. The summed E-state index contributed by atoms with van der Waals surface area (Å²) in [6.07, 6.45) is 17.6. The van der Waals surface area contributed by atoms with Crippen LogP contribution in [-0.4, -0.2) is 15.5 Å². The second-order valence-corrected chi connectivity index (χ2v) is 9.07. The average Bonchev–Trinajstić information content (AvgIpc) is 3.09. The van der Waals surface area contributed by atoms with Crippen LogP contribution in [0.4, 0.5) is 0 Å². The molecule has 3 nitrogen and oxygen atoms in total. The van der Waals surface area contributed by atoms with Crippen molar-refractivity contribution in [1.29, 1.82) is 0 Å². The highest BCUT2D eigenvalue weighted by molar-refractivity contribution is 5.78. The molecule has 0 fully saturated rings. The van der Waals surface area contributed by atoms with E-state index in [4.69, 9.17) is 0 Å². The maximum absolute atomic E-state index is 12.1. The average molecular weight is 363 g/mol. The zero-order valence-corrected chi connectivity index (χ0v) is 17.9. The van der Waals surface area contributed by atoms with Crippen molar-refractivity contribution in [1.82, 2.24) is 9.55 Å². The van der Waals surface area contributed by atoms with E-state index >= 15 is 0 Å². The Bertz CT molecular complexity index is 467. The van der Waals surface area contributed by atoms with Crippen LogP contribution in [0.1, 0.15) is 104 Å². The van der Waals surface area contributed by atoms with Gasteiger partial charge in [0.1, 0.15) is 6.33 Å². The van der Waals surface area contributed by atoms with Crippen molar-refractivity contribution in [3.63, 3.8) is 0 Å². The zero-order chi connectivity index (χ0) is 19.4. The molecular weight excluding hydrogens is 320 g/mol. The molecule has 1 aromatic heterocycles. The lowest BCUT2D eigenvalue weighted by molar-refractivity contribution is 0.0880. The van der Waals surface area contributed by atoms with E-state index in [-0.39, 0.29) is 5.91 Å². The van der Waals surface area contributed by atoms with Gasteiger partial charge in [-0.2, -0.15) is 0 Å². The molecule has 0 aliphatic carbocycles. The van der Waals surface area contributed by atoms with Gasteiger partial charge in [0.25, 0.3) is 0 Å². The second-order valence-electron chi connectivity index (χ2n) is 9.07. The van der Waals surface area contributed by atoms with Crippen LogP contribution in [0.25, 0.3) is 0 Å². The first-order valence-corrected chi connectivity index (χ1v) is 10.9. The number of carbonyl (C=O) groups is 1. The highest BCUT2D eigenvalue weighted by Crippen LogP contribution is 2.22. The summed E-state index contributed by atoms with van der Waals surface area (Å²) in [5, 5.41) is 0. The number of aromatic nitrogens is 2. The lowest BCUT2D eigenvalue weighted by Crippen LogP contribution is -2.12. The van der Waals surface area contributed by atoms with Gasteiger partial charge in [0.05, 0.1) is 0 Å². The lowest BCUT2D eigenvalue weighted by Gasteiger charge is -2.16. The minimum Gasteiger partial charge on any atom is -0.276 e. The molecule has 1 heterocycles. The van der Waals surface area contributed by atoms with Crippen LogP contribution < -0.4 is 0 Å². The Balaban J connectivity index is 2.03. The van der Waals surface area contributed by atoms with E-state index in [2.05, 4.69) is 39.6 Å². The Morgan fingerprint density at radius 2 is 1.31 bits per heavy atom. The van der Waals surface area contributed by atoms with Crippen LogP contribution in [0.5, 0.6) is 0 Å². The van der Waals surface area contributed by atoms with Crippen molar-refractivity contribution in [2.75, 3.05) is 0 Å². The van der Waals surface area contributed by atoms with Crippen LogP contribution in [0.3, 0.4) is 0 Å². The highest BCUT2D eigenvalue weighted by Gasteiger charge is 2.12. The topological polar surface area (TPSA) is 34.9 Å². The molecule has 0 bridgehead atoms. The molecule has 3 unspecified atom stereocenters. The summed E-state index contributed by atoms with van der Waals surface area (Å²) in [4.78, 5) is 16.0. The van der Waals surface area contributed by atoms with E-state index in [0.29, 0.717) is 12.3 Å². The quantitative estimate of drug-likeness (QED) is 0.357. The fraction of sp³-hybridized carbons (Fsp3) is 0.826. The van der Waals surface area contributed by atoms with Gasteiger partial charge in [-0.25, -0.2) is 4.98 Å². The van der Waals surface area contributed by atoms with E-state index in [0.717, 1.165) is 24.2 Å². The largest absolute Gasteiger partial charge is 0.276 e. The number of hydrogen-bond acceptors (Lipinski definition) is 2. The summed E-state index contributed by atoms with van der Waals surface area (Å²) in [5.74, 6) is 3.16. The third-order valence-electron chi connectivity index (χ3n) is 5.58. The number of hydrogen-bond donors (Lipinski definition) is 0. The van der Waals surface area contributed by atoms with Crippen LogP contribution in [0, 0.1) is 23.7 Å². The zero-order valence-electron chi connectivity index (χ0n) is 17.9. The summed E-state index contributed by atoms with van der Waals surface area (Å²) >= 11 is 0. The van der Waals surface area contributed by atoms with Gasteiger partial charge in [-0.15, -0.1) is 0 Å². The second kappa shape index (κ2) is 13.1. The van der Waals surface area contributed by atoms with E-state index in [1.165, 1.54) is 51.4 Å². The Morgan fingerprint density at radius 1 is 0.808 bits per heavy atom. The normalized spacial score (nSPS) is 15.2. The van der Waals surface area contributed by atoms with Gasteiger partial charge in [-0.3, -0.25) is 9.36 Å². The molecule has 0 aromatic carbocycles. The van der Waals surface area contributed by atoms with Crippen LogP contribution in [0.15, 0.2) is 18.7 Å². The molecule has 3 atom stereocenters. The molecule has 0 saturated carbocycles. The molecule has 0 aliphatic rings. The third-order valence-corrected chi connectivity index (χ3v) is 5.58. The first-order chi connectivity index (χ1) is 12.4. The standard InChI is InChI=1S/C23H42N2O/c1-19(2)9-6-10-20(3)11-7-12-21(4)13-8-14-22(5)17-23(26)25-16-15-24-18-25/h15-16,18-22H,6-14,17H2,1-5H3. The van der Waals surface area contributed by atoms with Crippen LogP contribution in [0.2, 0.25) is 0 Å². The summed E-state index contributed by atoms with van der Waals surface area (Å²) in [5.41, 5.74) is 0.